The number of pyridine rings is 1. The number of aromatic nitrogens is 1. The molecule has 1 heterocycles. The smallest absolute Gasteiger partial charge is 0.335 e. The van der Waals surface area contributed by atoms with Crippen molar-refractivity contribution in [1.82, 2.24) is 4.98 Å². The molecule has 0 atom stereocenters. The molecule has 0 spiro atoms. The van der Waals surface area contributed by atoms with E-state index in [0.29, 0.717) is 6.61 Å². The van der Waals surface area contributed by atoms with Gasteiger partial charge in [0.15, 0.2) is 0 Å². The van der Waals surface area contributed by atoms with Crippen molar-refractivity contribution in [2.45, 2.75) is 13.3 Å². The van der Waals surface area contributed by atoms with Gasteiger partial charge >= 0.3 is 5.97 Å². The van der Waals surface area contributed by atoms with Crippen LogP contribution in [0.25, 0.3) is 0 Å². The number of carboxylic acids is 1. The van der Waals surface area contributed by atoms with Gasteiger partial charge in [0.2, 0.25) is 0 Å². The molecule has 0 saturated heterocycles. The highest BCUT2D eigenvalue weighted by Gasteiger charge is 2.06. The van der Waals surface area contributed by atoms with Gasteiger partial charge in [0.1, 0.15) is 5.75 Å². The molecule has 1 aromatic heterocycles. The fourth-order valence-electron chi connectivity index (χ4n) is 1.77. The largest absolute Gasteiger partial charge is 0.493 e. The van der Waals surface area contributed by atoms with Gasteiger partial charge in [-0.05, 0) is 48.4 Å². The van der Waals surface area contributed by atoms with E-state index in [1.807, 2.05) is 19.1 Å². The Morgan fingerprint density at radius 2 is 2.00 bits per heavy atom. The Kier molecular flexibility index (Phi) is 4.13. The minimum atomic E-state index is -0.925. The second kappa shape index (κ2) is 6.00. The van der Waals surface area contributed by atoms with Crippen LogP contribution in [0.5, 0.6) is 5.75 Å². The van der Waals surface area contributed by atoms with Crippen molar-refractivity contribution in [3.63, 3.8) is 0 Å². The molecule has 0 aliphatic rings. The van der Waals surface area contributed by atoms with Crippen molar-refractivity contribution in [2.24, 2.45) is 0 Å². The number of hydrogen-bond acceptors (Lipinski definition) is 3. The summed E-state index contributed by atoms with van der Waals surface area (Å²) in [7, 11) is 0. The van der Waals surface area contributed by atoms with Crippen LogP contribution in [-0.2, 0) is 6.42 Å². The zero-order chi connectivity index (χ0) is 13.7. The van der Waals surface area contributed by atoms with E-state index in [-0.39, 0.29) is 5.56 Å². The lowest BCUT2D eigenvalue weighted by Gasteiger charge is -2.09. The molecule has 2 aromatic rings. The molecule has 0 saturated carbocycles. The van der Waals surface area contributed by atoms with Gasteiger partial charge in [-0.3, -0.25) is 4.98 Å². The summed E-state index contributed by atoms with van der Waals surface area (Å²) >= 11 is 0. The Hall–Kier alpha value is -2.36. The molecule has 0 bridgehead atoms. The molecular weight excluding hydrogens is 242 g/mol. The topological polar surface area (TPSA) is 59.4 Å². The molecular formula is C15H15NO3. The van der Waals surface area contributed by atoms with E-state index in [1.54, 1.807) is 30.6 Å². The van der Waals surface area contributed by atoms with Crippen LogP contribution in [0, 0.1) is 6.92 Å². The first-order valence-corrected chi connectivity index (χ1v) is 6.02. The zero-order valence-electron chi connectivity index (χ0n) is 10.7. The molecule has 0 aliphatic carbocycles. The first kappa shape index (κ1) is 13.1. The Morgan fingerprint density at radius 3 is 2.63 bits per heavy atom. The van der Waals surface area contributed by atoms with Crippen LogP contribution in [0.2, 0.25) is 0 Å². The summed E-state index contributed by atoms with van der Waals surface area (Å²) in [5, 5.41) is 8.88. The van der Waals surface area contributed by atoms with Gasteiger partial charge in [-0.15, -0.1) is 0 Å². The Labute approximate surface area is 111 Å². The monoisotopic (exact) mass is 257 g/mol. The summed E-state index contributed by atoms with van der Waals surface area (Å²) in [4.78, 5) is 14.8. The number of aryl methyl sites for hydroxylation is 1. The number of hydrogen-bond donors (Lipinski definition) is 1. The fourth-order valence-corrected chi connectivity index (χ4v) is 1.77. The van der Waals surface area contributed by atoms with Crippen LogP contribution >= 0.6 is 0 Å². The van der Waals surface area contributed by atoms with Crippen LogP contribution in [0.15, 0.2) is 42.7 Å². The predicted octanol–water partition coefficient (Wildman–Crippen LogP) is 2.71. The highest BCUT2D eigenvalue weighted by molar-refractivity contribution is 5.88. The summed E-state index contributed by atoms with van der Waals surface area (Å²) in [6.07, 6.45) is 4.30. The molecule has 0 aliphatic heterocycles. The maximum Gasteiger partial charge on any atom is 0.335 e. The highest BCUT2D eigenvalue weighted by atomic mass is 16.5. The summed E-state index contributed by atoms with van der Waals surface area (Å²) < 4.78 is 5.66. The molecule has 0 amide bonds. The third kappa shape index (κ3) is 3.55. The van der Waals surface area contributed by atoms with E-state index in [9.17, 15) is 4.79 Å². The van der Waals surface area contributed by atoms with Crippen LogP contribution in [0.4, 0.5) is 0 Å². The molecule has 98 valence electrons. The third-order valence-corrected chi connectivity index (χ3v) is 2.82. The van der Waals surface area contributed by atoms with Crippen molar-refractivity contribution in [2.75, 3.05) is 6.61 Å². The quantitative estimate of drug-likeness (QED) is 0.894. The average Bonchev–Trinajstić information content (AvgIpc) is 2.41. The lowest BCUT2D eigenvalue weighted by Crippen LogP contribution is -2.04. The van der Waals surface area contributed by atoms with Crippen molar-refractivity contribution < 1.29 is 14.6 Å². The lowest BCUT2D eigenvalue weighted by molar-refractivity contribution is 0.0696. The predicted molar refractivity (Wildman–Crippen MR) is 71.6 cm³/mol. The van der Waals surface area contributed by atoms with Gasteiger partial charge in [0, 0.05) is 18.8 Å². The second-order valence-corrected chi connectivity index (χ2v) is 4.24. The van der Waals surface area contributed by atoms with Gasteiger partial charge in [-0.25, -0.2) is 4.79 Å². The van der Waals surface area contributed by atoms with Crippen LogP contribution in [-0.4, -0.2) is 22.7 Å². The normalized spacial score (nSPS) is 10.2. The van der Waals surface area contributed by atoms with E-state index in [4.69, 9.17) is 9.84 Å². The third-order valence-electron chi connectivity index (χ3n) is 2.82. The number of ether oxygens (including phenoxy) is 1. The summed E-state index contributed by atoms with van der Waals surface area (Å²) in [5.41, 5.74) is 2.27. The van der Waals surface area contributed by atoms with Crippen molar-refractivity contribution >= 4 is 5.97 Å². The summed E-state index contributed by atoms with van der Waals surface area (Å²) in [6, 6.07) is 8.76. The van der Waals surface area contributed by atoms with Crippen molar-refractivity contribution in [3.8, 4) is 5.75 Å². The average molecular weight is 257 g/mol. The maximum atomic E-state index is 10.8. The van der Waals surface area contributed by atoms with Crippen molar-refractivity contribution in [1.29, 1.82) is 0 Å². The Morgan fingerprint density at radius 1 is 1.26 bits per heavy atom. The van der Waals surface area contributed by atoms with E-state index in [2.05, 4.69) is 4.98 Å². The van der Waals surface area contributed by atoms with E-state index >= 15 is 0 Å². The molecule has 19 heavy (non-hydrogen) atoms. The molecule has 0 radical (unpaired) electrons. The first-order valence-electron chi connectivity index (χ1n) is 6.02. The molecule has 1 N–H and O–H groups in total. The van der Waals surface area contributed by atoms with Crippen molar-refractivity contribution in [3.05, 3.63) is 59.4 Å². The minimum absolute atomic E-state index is 0.277. The Bertz CT molecular complexity index is 567. The SMILES string of the molecule is Cc1cc(C(=O)O)ccc1OCCc1ccncc1. The number of benzene rings is 1. The van der Waals surface area contributed by atoms with Gasteiger partial charge < -0.3 is 9.84 Å². The number of carbonyl (C=O) groups is 1. The standard InChI is InChI=1S/C15H15NO3/c1-11-10-13(15(17)18)2-3-14(11)19-9-6-12-4-7-16-8-5-12/h2-5,7-8,10H,6,9H2,1H3,(H,17,18). The number of nitrogens with zero attached hydrogens (tertiary/aromatic N) is 1. The summed E-state index contributed by atoms with van der Waals surface area (Å²) in [6.45, 7) is 2.39. The van der Waals surface area contributed by atoms with Crippen LogP contribution in [0.3, 0.4) is 0 Å². The molecule has 0 unspecified atom stereocenters. The van der Waals surface area contributed by atoms with E-state index in [1.165, 1.54) is 0 Å². The first-order chi connectivity index (χ1) is 9.16. The lowest BCUT2D eigenvalue weighted by atomic mass is 10.1. The fraction of sp³-hybridized carbons (Fsp3) is 0.200. The minimum Gasteiger partial charge on any atom is -0.493 e. The summed E-state index contributed by atoms with van der Waals surface area (Å²) in [5.74, 6) is -0.203. The van der Waals surface area contributed by atoms with Crippen LogP contribution < -0.4 is 4.74 Å². The molecule has 4 nitrogen and oxygen atoms in total. The maximum absolute atomic E-state index is 10.8. The number of aromatic carboxylic acids is 1. The van der Waals surface area contributed by atoms with Gasteiger partial charge in [-0.2, -0.15) is 0 Å². The van der Waals surface area contributed by atoms with Gasteiger partial charge in [-0.1, -0.05) is 0 Å². The van der Waals surface area contributed by atoms with Gasteiger partial charge in [0.05, 0.1) is 12.2 Å². The molecule has 2 rings (SSSR count). The van der Waals surface area contributed by atoms with Crippen LogP contribution in [0.1, 0.15) is 21.5 Å². The number of rotatable bonds is 5. The molecule has 4 heteroatoms. The zero-order valence-corrected chi connectivity index (χ0v) is 10.7. The molecule has 1 aromatic carbocycles. The van der Waals surface area contributed by atoms with Gasteiger partial charge in [0.25, 0.3) is 0 Å². The van der Waals surface area contributed by atoms with E-state index < -0.39 is 5.97 Å². The molecule has 0 fully saturated rings. The Balaban J connectivity index is 1.95. The van der Waals surface area contributed by atoms with E-state index in [0.717, 1.165) is 23.3 Å². The second-order valence-electron chi connectivity index (χ2n) is 4.24. The number of carboxylic acid groups (broad SMARTS) is 1. The highest BCUT2D eigenvalue weighted by Crippen LogP contribution is 2.19.